The Morgan fingerprint density at radius 1 is 1.47 bits per heavy atom. The van der Waals surface area contributed by atoms with Gasteiger partial charge in [0.05, 0.1) is 23.5 Å². The van der Waals surface area contributed by atoms with Crippen molar-refractivity contribution < 1.29 is 0 Å². The molecule has 0 aliphatic heterocycles. The first-order valence-corrected chi connectivity index (χ1v) is 7.19. The monoisotopic (exact) mass is 286 g/mol. The first-order valence-electron chi connectivity index (χ1n) is 6.81. The van der Waals surface area contributed by atoms with Crippen LogP contribution in [0.4, 0.5) is 0 Å². The predicted molar refractivity (Wildman–Crippen MR) is 82.0 cm³/mol. The van der Waals surface area contributed by atoms with Crippen LogP contribution in [0.15, 0.2) is 6.20 Å². The normalized spacial score (nSPS) is 14.1. The highest BCUT2D eigenvalue weighted by Crippen LogP contribution is 2.33. The predicted octanol–water partition coefficient (Wildman–Crippen LogP) is 2.37. The molecule has 1 N–H and O–H groups in total. The van der Waals surface area contributed by atoms with Crippen LogP contribution >= 0.6 is 11.6 Å². The molecule has 1 aromatic heterocycles. The van der Waals surface area contributed by atoms with Crippen LogP contribution in [-0.2, 0) is 12.0 Å². The van der Waals surface area contributed by atoms with Gasteiger partial charge in [-0.25, -0.2) is 0 Å². The lowest BCUT2D eigenvalue weighted by atomic mass is 9.82. The minimum Gasteiger partial charge on any atom is -0.317 e. The molecule has 19 heavy (non-hydrogen) atoms. The third kappa shape index (κ3) is 4.48. The van der Waals surface area contributed by atoms with Gasteiger partial charge < -0.3 is 10.2 Å². The van der Waals surface area contributed by atoms with E-state index in [0.717, 1.165) is 30.2 Å². The van der Waals surface area contributed by atoms with E-state index < -0.39 is 0 Å². The first kappa shape index (κ1) is 16.5. The standard InChI is InChI=1S/C14H27ClN4/c1-11(16-4)9-14(2,3)13-12(15)10-17-19(13)8-7-18(5)6/h10-11,16H,7-9H2,1-6H3. The van der Waals surface area contributed by atoms with Crippen LogP contribution in [-0.4, -0.2) is 48.4 Å². The first-order chi connectivity index (χ1) is 8.77. The quantitative estimate of drug-likeness (QED) is 0.835. The van der Waals surface area contributed by atoms with Gasteiger partial charge in [0, 0.05) is 18.0 Å². The summed E-state index contributed by atoms with van der Waals surface area (Å²) in [6.07, 6.45) is 2.79. The van der Waals surface area contributed by atoms with E-state index in [-0.39, 0.29) is 5.41 Å². The Labute approximate surface area is 122 Å². The molecule has 1 aromatic rings. The molecule has 0 saturated carbocycles. The summed E-state index contributed by atoms with van der Waals surface area (Å²) >= 11 is 6.35. The fourth-order valence-electron chi connectivity index (χ4n) is 2.46. The lowest BCUT2D eigenvalue weighted by Crippen LogP contribution is -2.33. The number of hydrogen-bond acceptors (Lipinski definition) is 3. The van der Waals surface area contributed by atoms with Gasteiger partial charge in [-0.1, -0.05) is 25.4 Å². The molecule has 1 heterocycles. The fourth-order valence-corrected chi connectivity index (χ4v) is 2.86. The molecule has 1 rings (SSSR count). The van der Waals surface area contributed by atoms with Gasteiger partial charge in [-0.3, -0.25) is 4.68 Å². The zero-order valence-corrected chi connectivity index (χ0v) is 13.8. The largest absolute Gasteiger partial charge is 0.317 e. The number of hydrogen-bond donors (Lipinski definition) is 1. The summed E-state index contributed by atoms with van der Waals surface area (Å²) in [5, 5.41) is 8.49. The molecular weight excluding hydrogens is 260 g/mol. The van der Waals surface area contributed by atoms with Gasteiger partial charge in [-0.2, -0.15) is 5.10 Å². The van der Waals surface area contributed by atoms with Crippen LogP contribution in [0, 0.1) is 0 Å². The van der Waals surface area contributed by atoms with E-state index in [1.807, 2.05) is 11.7 Å². The maximum atomic E-state index is 6.35. The molecule has 0 aromatic carbocycles. The molecule has 1 atom stereocenters. The highest BCUT2D eigenvalue weighted by Gasteiger charge is 2.29. The minimum absolute atomic E-state index is 0.00230. The smallest absolute Gasteiger partial charge is 0.0823 e. The number of nitrogens with zero attached hydrogens (tertiary/aromatic N) is 3. The van der Waals surface area contributed by atoms with E-state index in [4.69, 9.17) is 11.6 Å². The highest BCUT2D eigenvalue weighted by molar-refractivity contribution is 6.31. The third-order valence-electron chi connectivity index (χ3n) is 3.50. The van der Waals surface area contributed by atoms with Gasteiger partial charge in [-0.05, 0) is 34.5 Å². The molecule has 0 fully saturated rings. The van der Waals surface area contributed by atoms with Crippen LogP contribution in [0.5, 0.6) is 0 Å². The Hall–Kier alpha value is -0.580. The Morgan fingerprint density at radius 3 is 2.63 bits per heavy atom. The summed E-state index contributed by atoms with van der Waals surface area (Å²) in [5.41, 5.74) is 1.14. The second-order valence-corrected chi connectivity index (χ2v) is 6.55. The summed E-state index contributed by atoms with van der Waals surface area (Å²) in [7, 11) is 6.13. The van der Waals surface area contributed by atoms with Crippen molar-refractivity contribution in [3.05, 3.63) is 16.9 Å². The molecule has 0 radical (unpaired) electrons. The molecule has 0 saturated heterocycles. The van der Waals surface area contributed by atoms with Crippen molar-refractivity contribution in [2.75, 3.05) is 27.7 Å². The molecule has 4 nitrogen and oxygen atoms in total. The minimum atomic E-state index is 0.00230. The number of aromatic nitrogens is 2. The molecular formula is C14H27ClN4. The van der Waals surface area contributed by atoms with Crippen molar-refractivity contribution in [3.8, 4) is 0 Å². The topological polar surface area (TPSA) is 33.1 Å². The van der Waals surface area contributed by atoms with Crippen molar-refractivity contribution in [3.63, 3.8) is 0 Å². The van der Waals surface area contributed by atoms with Gasteiger partial charge >= 0.3 is 0 Å². The summed E-state index contributed by atoms with van der Waals surface area (Å²) in [6.45, 7) is 8.48. The summed E-state index contributed by atoms with van der Waals surface area (Å²) in [6, 6.07) is 0.447. The average molecular weight is 287 g/mol. The Morgan fingerprint density at radius 2 is 2.11 bits per heavy atom. The van der Waals surface area contributed by atoms with E-state index in [1.54, 1.807) is 6.20 Å². The van der Waals surface area contributed by atoms with E-state index in [0.29, 0.717) is 6.04 Å². The van der Waals surface area contributed by atoms with Crippen molar-refractivity contribution in [1.82, 2.24) is 20.0 Å². The summed E-state index contributed by atoms with van der Waals surface area (Å²) in [4.78, 5) is 2.16. The number of likely N-dealkylation sites (N-methyl/N-ethyl adjacent to an activating group) is 1. The van der Waals surface area contributed by atoms with E-state index in [2.05, 4.69) is 50.2 Å². The number of nitrogens with one attached hydrogen (secondary N) is 1. The molecule has 110 valence electrons. The van der Waals surface area contributed by atoms with Gasteiger partial charge in [0.1, 0.15) is 0 Å². The molecule has 1 unspecified atom stereocenters. The molecule has 0 aliphatic rings. The lowest BCUT2D eigenvalue weighted by Gasteiger charge is -2.29. The zero-order chi connectivity index (χ0) is 14.6. The molecule has 5 heteroatoms. The lowest BCUT2D eigenvalue weighted by molar-refractivity contribution is 0.340. The van der Waals surface area contributed by atoms with Crippen LogP contribution < -0.4 is 5.32 Å². The van der Waals surface area contributed by atoms with Gasteiger partial charge in [0.15, 0.2) is 0 Å². The van der Waals surface area contributed by atoms with Crippen molar-refractivity contribution >= 4 is 11.6 Å². The number of rotatable bonds is 7. The SMILES string of the molecule is CNC(C)CC(C)(C)c1c(Cl)cnn1CCN(C)C. The summed E-state index contributed by atoms with van der Waals surface area (Å²) in [5.74, 6) is 0. The van der Waals surface area contributed by atoms with Gasteiger partial charge in [-0.15, -0.1) is 0 Å². The molecule has 0 spiro atoms. The number of halogens is 1. The molecule has 0 bridgehead atoms. The van der Waals surface area contributed by atoms with Crippen molar-refractivity contribution in [2.24, 2.45) is 0 Å². The molecule has 0 amide bonds. The average Bonchev–Trinajstić information content (AvgIpc) is 2.67. The van der Waals surface area contributed by atoms with Crippen LogP contribution in [0.2, 0.25) is 5.02 Å². The van der Waals surface area contributed by atoms with E-state index in [9.17, 15) is 0 Å². The molecule has 0 aliphatic carbocycles. The Balaban J connectivity index is 2.94. The highest BCUT2D eigenvalue weighted by atomic mass is 35.5. The zero-order valence-electron chi connectivity index (χ0n) is 13.0. The van der Waals surface area contributed by atoms with Crippen molar-refractivity contribution in [1.29, 1.82) is 0 Å². The summed E-state index contributed by atoms with van der Waals surface area (Å²) < 4.78 is 2.05. The Kier molecular flexibility index (Phi) is 5.83. The Bertz CT molecular complexity index is 398. The van der Waals surface area contributed by atoms with Gasteiger partial charge in [0.25, 0.3) is 0 Å². The maximum Gasteiger partial charge on any atom is 0.0823 e. The van der Waals surface area contributed by atoms with Gasteiger partial charge in [0.2, 0.25) is 0 Å². The van der Waals surface area contributed by atoms with E-state index in [1.165, 1.54) is 0 Å². The van der Waals surface area contributed by atoms with Crippen LogP contribution in [0.1, 0.15) is 32.9 Å². The van der Waals surface area contributed by atoms with Crippen LogP contribution in [0.25, 0.3) is 0 Å². The second-order valence-electron chi connectivity index (χ2n) is 6.15. The van der Waals surface area contributed by atoms with Crippen molar-refractivity contribution in [2.45, 2.75) is 45.2 Å². The van der Waals surface area contributed by atoms with E-state index >= 15 is 0 Å². The second kappa shape index (κ2) is 6.73. The maximum absolute atomic E-state index is 6.35. The van der Waals surface area contributed by atoms with Crippen LogP contribution in [0.3, 0.4) is 0 Å². The third-order valence-corrected chi connectivity index (χ3v) is 3.78. The fraction of sp³-hybridized carbons (Fsp3) is 0.786.